The van der Waals surface area contributed by atoms with Gasteiger partial charge < -0.3 is 25.0 Å². The second-order valence-electron chi connectivity index (χ2n) is 16.1. The van der Waals surface area contributed by atoms with E-state index in [1.54, 1.807) is 26.8 Å². The molecule has 2 heterocycles. The molecular formula is C38H48FN5O10S. The van der Waals surface area contributed by atoms with Crippen molar-refractivity contribution in [3.8, 4) is 0 Å². The van der Waals surface area contributed by atoms with E-state index >= 15 is 0 Å². The van der Waals surface area contributed by atoms with Crippen molar-refractivity contribution in [2.75, 3.05) is 6.54 Å². The number of hydrogen-bond donors (Lipinski definition) is 3. The highest BCUT2D eigenvalue weighted by atomic mass is 32.2. The molecule has 5 amide bonds. The molecule has 5 atom stereocenters. The number of likely N-dealkylation sites (tertiary alicyclic amines) is 1. The van der Waals surface area contributed by atoms with Gasteiger partial charge >= 0.3 is 12.2 Å². The van der Waals surface area contributed by atoms with Crippen LogP contribution in [0.25, 0.3) is 0 Å². The zero-order valence-corrected chi connectivity index (χ0v) is 32.0. The van der Waals surface area contributed by atoms with Crippen molar-refractivity contribution >= 4 is 45.7 Å². The van der Waals surface area contributed by atoms with Crippen LogP contribution in [-0.4, -0.2) is 95.0 Å². The Kier molecular flexibility index (Phi) is 11.2. The van der Waals surface area contributed by atoms with E-state index in [9.17, 15) is 41.6 Å². The van der Waals surface area contributed by atoms with Crippen molar-refractivity contribution in [3.63, 3.8) is 0 Å². The first-order valence-electron chi connectivity index (χ1n) is 18.6. The van der Waals surface area contributed by atoms with Crippen LogP contribution in [0.15, 0.2) is 43.0 Å². The van der Waals surface area contributed by atoms with Crippen molar-refractivity contribution in [3.05, 3.63) is 60.0 Å². The predicted octanol–water partition coefficient (Wildman–Crippen LogP) is 3.13. The van der Waals surface area contributed by atoms with Gasteiger partial charge in [0.1, 0.15) is 35.1 Å². The Balaban J connectivity index is 1.23. The summed E-state index contributed by atoms with van der Waals surface area (Å²) < 4.78 is 53.1. The van der Waals surface area contributed by atoms with Crippen LogP contribution in [0.3, 0.4) is 0 Å². The normalized spacial score (nSPS) is 25.1. The lowest BCUT2D eigenvalue weighted by Crippen LogP contribution is -2.58. The van der Waals surface area contributed by atoms with Crippen molar-refractivity contribution in [2.24, 2.45) is 11.8 Å². The Labute approximate surface area is 319 Å². The SMILES string of the molecule is C=CC1CC1(NC(=O)[C@@H]1C[C@@H](OC(=O)N2Cc3cccc(F)c3C2)CN1C(=O)C(CCC(=O)/C=C/C1CC1)NC(=O)OC(C)(C)C)C(=O)NS(=O)(=O)C1CC1. The standard InChI is InChI=1S/C38H48FN5O10S/c1-5-24-18-38(24,34(48)42-55(51,52)27-14-15-27)41-32(46)31-17-26(53-36(50)43-19-23-7-6-8-29(39)28(23)21-43)20-44(31)33(47)30(40-35(49)54-37(2,3)4)16-13-25(45)12-11-22-9-10-22/h5-8,11-12,22,24,26-27,30-31H,1,9-10,13-21H2,2-4H3,(H,40,49)(H,41,46)(H,42,48)/b12-11+/t24?,26-,30?,31+,38?/m1/s1. The molecule has 55 heavy (non-hydrogen) atoms. The van der Waals surface area contributed by atoms with Gasteiger partial charge in [-0.1, -0.05) is 24.3 Å². The van der Waals surface area contributed by atoms with Gasteiger partial charge in [-0.3, -0.25) is 28.8 Å². The van der Waals surface area contributed by atoms with E-state index in [-0.39, 0.29) is 51.1 Å². The van der Waals surface area contributed by atoms with Gasteiger partial charge in [0.05, 0.1) is 18.3 Å². The maximum absolute atomic E-state index is 14.4. The first kappa shape index (κ1) is 39.9. The molecule has 0 aromatic heterocycles. The average molecular weight is 786 g/mol. The summed E-state index contributed by atoms with van der Waals surface area (Å²) >= 11 is 0. The van der Waals surface area contributed by atoms with Gasteiger partial charge in [-0.05, 0) is 82.9 Å². The molecule has 0 radical (unpaired) electrons. The third-order valence-electron chi connectivity index (χ3n) is 10.4. The van der Waals surface area contributed by atoms with Gasteiger partial charge in [0.2, 0.25) is 21.8 Å². The van der Waals surface area contributed by atoms with Gasteiger partial charge in [-0.25, -0.2) is 22.4 Å². The molecule has 6 rings (SSSR count). The minimum Gasteiger partial charge on any atom is -0.444 e. The van der Waals surface area contributed by atoms with Crippen LogP contribution >= 0.6 is 0 Å². The summed E-state index contributed by atoms with van der Waals surface area (Å²) in [5.74, 6) is -3.54. The smallest absolute Gasteiger partial charge is 0.410 e. The number of fused-ring (bicyclic) bond motifs is 1. The van der Waals surface area contributed by atoms with E-state index in [0.717, 1.165) is 17.7 Å². The van der Waals surface area contributed by atoms with Crippen molar-refractivity contribution in [1.82, 2.24) is 25.2 Å². The molecule has 4 fully saturated rings. The Morgan fingerprint density at radius 3 is 2.44 bits per heavy atom. The molecule has 17 heteroatoms. The first-order valence-corrected chi connectivity index (χ1v) is 20.2. The fourth-order valence-corrected chi connectivity index (χ4v) is 8.29. The molecular weight excluding hydrogens is 738 g/mol. The van der Waals surface area contributed by atoms with E-state index in [0.29, 0.717) is 29.9 Å². The highest BCUT2D eigenvalue weighted by Crippen LogP contribution is 2.45. The molecule has 0 spiro atoms. The van der Waals surface area contributed by atoms with E-state index in [4.69, 9.17) is 9.47 Å². The number of hydrogen-bond acceptors (Lipinski definition) is 10. The summed E-state index contributed by atoms with van der Waals surface area (Å²) in [5.41, 5.74) is -1.62. The molecule has 1 aromatic rings. The minimum absolute atomic E-state index is 0.0461. The lowest BCUT2D eigenvalue weighted by Gasteiger charge is -2.30. The fourth-order valence-electron chi connectivity index (χ4n) is 6.93. The molecule has 298 valence electrons. The van der Waals surface area contributed by atoms with Gasteiger partial charge in [0.15, 0.2) is 5.78 Å². The van der Waals surface area contributed by atoms with Crippen molar-refractivity contribution in [2.45, 2.75) is 120 Å². The Morgan fingerprint density at radius 2 is 1.82 bits per heavy atom. The van der Waals surface area contributed by atoms with Crippen molar-refractivity contribution < 1.29 is 51.0 Å². The second kappa shape index (κ2) is 15.4. The van der Waals surface area contributed by atoms with Crippen LogP contribution in [0.1, 0.15) is 83.3 Å². The van der Waals surface area contributed by atoms with E-state index in [1.807, 2.05) is 6.08 Å². The van der Waals surface area contributed by atoms with Gasteiger partial charge in [-0.15, -0.1) is 6.58 Å². The number of benzene rings is 1. The number of nitrogens with one attached hydrogen (secondary N) is 3. The summed E-state index contributed by atoms with van der Waals surface area (Å²) in [6, 6.07) is 1.82. The largest absolute Gasteiger partial charge is 0.444 e. The first-order chi connectivity index (χ1) is 25.9. The molecule has 3 N–H and O–H groups in total. The minimum atomic E-state index is -3.97. The lowest BCUT2D eigenvalue weighted by molar-refractivity contribution is -0.141. The number of amides is 5. The molecule has 15 nitrogen and oxygen atoms in total. The number of halogens is 1. The quantitative estimate of drug-likeness (QED) is 0.186. The van der Waals surface area contributed by atoms with Gasteiger partial charge in [0, 0.05) is 30.9 Å². The van der Waals surface area contributed by atoms with E-state index in [2.05, 4.69) is 21.9 Å². The highest BCUT2D eigenvalue weighted by Gasteiger charge is 2.62. The number of nitrogens with zero attached hydrogens (tertiary/aromatic N) is 2. The molecule has 5 aliphatic rings. The van der Waals surface area contributed by atoms with E-state index < -0.39 is 86.2 Å². The number of carbonyl (C=O) groups excluding carboxylic acids is 6. The lowest BCUT2D eigenvalue weighted by atomic mass is 10.1. The number of ether oxygens (including phenoxy) is 2. The molecule has 3 aliphatic carbocycles. The predicted molar refractivity (Wildman–Crippen MR) is 195 cm³/mol. The van der Waals surface area contributed by atoms with E-state index in [1.165, 1.54) is 29.2 Å². The molecule has 0 bridgehead atoms. The van der Waals surface area contributed by atoms with Gasteiger partial charge in [0.25, 0.3) is 5.91 Å². The van der Waals surface area contributed by atoms with Gasteiger partial charge in [-0.2, -0.15) is 0 Å². The molecule has 1 saturated heterocycles. The fraction of sp³-hybridized carbons (Fsp3) is 0.579. The Hall–Kier alpha value is -4.80. The Morgan fingerprint density at radius 1 is 1.09 bits per heavy atom. The molecule has 1 aromatic carbocycles. The number of ketones is 1. The molecule has 3 saturated carbocycles. The van der Waals surface area contributed by atoms with Crippen LogP contribution in [0.5, 0.6) is 0 Å². The van der Waals surface area contributed by atoms with Crippen LogP contribution in [-0.2, 0) is 51.8 Å². The maximum Gasteiger partial charge on any atom is 0.410 e. The van der Waals surface area contributed by atoms with Crippen LogP contribution in [0.4, 0.5) is 14.0 Å². The average Bonchev–Trinajstić information content (AvgIpc) is 4.04. The zero-order valence-electron chi connectivity index (χ0n) is 31.2. The Bertz CT molecular complexity index is 1910. The maximum atomic E-state index is 14.4. The van der Waals surface area contributed by atoms with Crippen molar-refractivity contribution in [1.29, 1.82) is 0 Å². The topological polar surface area (TPSA) is 198 Å². The number of sulfonamides is 1. The number of rotatable bonds is 14. The highest BCUT2D eigenvalue weighted by molar-refractivity contribution is 7.91. The third-order valence-corrected chi connectivity index (χ3v) is 12.2. The number of alkyl carbamates (subject to hydrolysis) is 1. The van der Waals surface area contributed by atoms with Crippen LogP contribution < -0.4 is 15.4 Å². The molecule has 3 unspecified atom stereocenters. The second-order valence-corrected chi connectivity index (χ2v) is 18.0. The summed E-state index contributed by atoms with van der Waals surface area (Å²) in [4.78, 5) is 83.5. The van der Waals surface area contributed by atoms with Crippen LogP contribution in [0.2, 0.25) is 0 Å². The summed E-state index contributed by atoms with van der Waals surface area (Å²) in [5, 5.41) is 4.51. The number of carbonyl (C=O) groups is 6. The number of allylic oxidation sites excluding steroid dienone is 2. The summed E-state index contributed by atoms with van der Waals surface area (Å²) in [7, 11) is -3.97. The summed E-state index contributed by atoms with van der Waals surface area (Å²) in [6.45, 7) is 8.36. The summed E-state index contributed by atoms with van der Waals surface area (Å²) in [6.07, 6.45) is 4.25. The zero-order chi connectivity index (χ0) is 39.9. The van der Waals surface area contributed by atoms with Crippen LogP contribution in [0, 0.1) is 17.7 Å². The molecule has 2 aliphatic heterocycles. The third kappa shape index (κ3) is 9.54. The monoisotopic (exact) mass is 785 g/mol.